The number of hydrogen-bond donors (Lipinski definition) is 1. The maximum absolute atomic E-state index is 12.9. The molecule has 6 heteroatoms. The van der Waals surface area contributed by atoms with Gasteiger partial charge in [-0.25, -0.2) is 9.97 Å². The molecular weight excluding hydrogens is 390 g/mol. The van der Waals surface area contributed by atoms with Gasteiger partial charge in [0.05, 0.1) is 17.0 Å². The van der Waals surface area contributed by atoms with E-state index in [2.05, 4.69) is 15.3 Å². The van der Waals surface area contributed by atoms with Gasteiger partial charge < -0.3 is 5.32 Å². The predicted octanol–water partition coefficient (Wildman–Crippen LogP) is 5.27. The fraction of sp³-hybridized carbons (Fsp3) is 0.136. The van der Waals surface area contributed by atoms with E-state index in [0.29, 0.717) is 33.7 Å². The molecule has 0 aliphatic heterocycles. The number of rotatable bonds is 6. The fourth-order valence-electron chi connectivity index (χ4n) is 2.75. The van der Waals surface area contributed by atoms with E-state index < -0.39 is 0 Å². The highest BCUT2D eigenvalue weighted by atomic mass is 35.5. The second-order valence-electron chi connectivity index (χ2n) is 6.05. The number of carbonyl (C=O) groups excluding carboxylic acids is 1. The lowest BCUT2D eigenvalue weighted by Gasteiger charge is -2.13. The minimum absolute atomic E-state index is 0.210. The Hall–Kier alpha value is -2.63. The number of carbonyl (C=O) groups is 1. The van der Waals surface area contributed by atoms with Gasteiger partial charge >= 0.3 is 0 Å². The van der Waals surface area contributed by atoms with Gasteiger partial charge in [0.15, 0.2) is 5.16 Å². The van der Waals surface area contributed by atoms with Crippen LogP contribution in [0.5, 0.6) is 0 Å². The average molecular weight is 410 g/mol. The number of halogens is 1. The maximum atomic E-state index is 12.9. The lowest BCUT2D eigenvalue weighted by atomic mass is 10.0. The molecule has 0 spiro atoms. The van der Waals surface area contributed by atoms with Crippen molar-refractivity contribution in [1.82, 2.24) is 15.3 Å². The first-order chi connectivity index (χ1) is 13.6. The van der Waals surface area contributed by atoms with E-state index in [0.717, 1.165) is 11.1 Å². The number of aromatic nitrogens is 2. The molecule has 0 aliphatic carbocycles. The zero-order valence-corrected chi connectivity index (χ0v) is 17.2. The molecule has 3 rings (SSSR count). The summed E-state index contributed by atoms with van der Waals surface area (Å²) in [6, 6.07) is 17.3. The van der Waals surface area contributed by atoms with Crippen molar-refractivity contribution in [3.8, 4) is 11.3 Å². The normalized spacial score (nSPS) is 11.0. The molecule has 0 fully saturated rings. The Morgan fingerprint density at radius 2 is 1.93 bits per heavy atom. The van der Waals surface area contributed by atoms with E-state index in [1.54, 1.807) is 12.1 Å². The summed E-state index contributed by atoms with van der Waals surface area (Å²) < 4.78 is 0. The molecule has 0 atom stereocenters. The molecule has 4 nitrogen and oxygen atoms in total. The fourth-order valence-corrected chi connectivity index (χ4v) is 3.36. The Morgan fingerprint density at radius 1 is 1.14 bits per heavy atom. The molecule has 0 saturated heterocycles. The van der Waals surface area contributed by atoms with Crippen molar-refractivity contribution < 1.29 is 4.79 Å². The Morgan fingerprint density at radius 3 is 2.64 bits per heavy atom. The standard InChI is InChI=1S/C22H20ClN3OS/c1-15-19(21(27)24-13-7-10-16-8-4-3-5-9-16)20(26-22(25-15)28-2)17-11-6-12-18(23)14-17/h3-12,14H,13H2,1-2H3,(H,24,27). The molecule has 3 aromatic rings. The van der Waals surface area contributed by atoms with Gasteiger partial charge in [0.25, 0.3) is 5.91 Å². The Balaban J connectivity index is 1.85. The van der Waals surface area contributed by atoms with Gasteiger partial charge in [-0.05, 0) is 30.9 Å². The van der Waals surface area contributed by atoms with Crippen LogP contribution in [0.3, 0.4) is 0 Å². The van der Waals surface area contributed by atoms with Crippen LogP contribution >= 0.6 is 23.4 Å². The minimum atomic E-state index is -0.210. The molecule has 1 heterocycles. The third-order valence-corrected chi connectivity index (χ3v) is 4.85. The molecule has 0 saturated carbocycles. The van der Waals surface area contributed by atoms with Crippen molar-refractivity contribution in [3.63, 3.8) is 0 Å². The number of nitrogens with one attached hydrogen (secondary N) is 1. The van der Waals surface area contributed by atoms with Crippen molar-refractivity contribution in [2.24, 2.45) is 0 Å². The summed E-state index contributed by atoms with van der Waals surface area (Å²) in [5, 5.41) is 4.14. The summed E-state index contributed by atoms with van der Waals surface area (Å²) in [5.74, 6) is -0.210. The summed E-state index contributed by atoms with van der Waals surface area (Å²) in [4.78, 5) is 21.9. The maximum Gasteiger partial charge on any atom is 0.255 e. The minimum Gasteiger partial charge on any atom is -0.348 e. The van der Waals surface area contributed by atoms with Crippen molar-refractivity contribution in [1.29, 1.82) is 0 Å². The van der Waals surface area contributed by atoms with E-state index in [1.807, 2.05) is 67.8 Å². The zero-order chi connectivity index (χ0) is 19.9. The van der Waals surface area contributed by atoms with Gasteiger partial charge in [0.1, 0.15) is 0 Å². The Bertz CT molecular complexity index is 1010. The number of benzene rings is 2. The van der Waals surface area contributed by atoms with Gasteiger partial charge in [-0.2, -0.15) is 0 Å². The summed E-state index contributed by atoms with van der Waals surface area (Å²) in [7, 11) is 0. The van der Waals surface area contributed by atoms with E-state index in [4.69, 9.17) is 11.6 Å². The molecule has 0 unspecified atom stereocenters. The van der Waals surface area contributed by atoms with Gasteiger partial charge in [0, 0.05) is 17.1 Å². The topological polar surface area (TPSA) is 54.9 Å². The van der Waals surface area contributed by atoms with Crippen LogP contribution in [-0.4, -0.2) is 28.7 Å². The third kappa shape index (κ3) is 5.00. The first-order valence-electron chi connectivity index (χ1n) is 8.77. The van der Waals surface area contributed by atoms with Crippen LogP contribution in [0.15, 0.2) is 65.8 Å². The summed E-state index contributed by atoms with van der Waals surface area (Å²) in [6.45, 7) is 2.23. The van der Waals surface area contributed by atoms with E-state index in [-0.39, 0.29) is 5.91 Å². The van der Waals surface area contributed by atoms with Crippen molar-refractivity contribution >= 4 is 35.3 Å². The van der Waals surface area contributed by atoms with Gasteiger partial charge in [-0.1, -0.05) is 78.0 Å². The average Bonchev–Trinajstić information content (AvgIpc) is 2.71. The molecule has 1 aromatic heterocycles. The molecular formula is C22H20ClN3OS. The van der Waals surface area contributed by atoms with Crippen LogP contribution in [0.2, 0.25) is 5.02 Å². The number of amides is 1. The molecule has 28 heavy (non-hydrogen) atoms. The molecule has 142 valence electrons. The van der Waals surface area contributed by atoms with Crippen LogP contribution in [-0.2, 0) is 0 Å². The van der Waals surface area contributed by atoms with Crippen LogP contribution in [0, 0.1) is 6.92 Å². The van der Waals surface area contributed by atoms with Crippen LogP contribution in [0.1, 0.15) is 21.6 Å². The quantitative estimate of drug-likeness (QED) is 0.445. The smallest absolute Gasteiger partial charge is 0.255 e. The van der Waals surface area contributed by atoms with E-state index in [9.17, 15) is 4.79 Å². The number of nitrogens with zero attached hydrogens (tertiary/aromatic N) is 2. The first kappa shape index (κ1) is 20.1. The van der Waals surface area contributed by atoms with E-state index >= 15 is 0 Å². The van der Waals surface area contributed by atoms with Crippen molar-refractivity contribution in [2.75, 3.05) is 12.8 Å². The predicted molar refractivity (Wildman–Crippen MR) is 117 cm³/mol. The second-order valence-corrected chi connectivity index (χ2v) is 7.26. The van der Waals surface area contributed by atoms with E-state index in [1.165, 1.54) is 11.8 Å². The lowest BCUT2D eigenvalue weighted by Crippen LogP contribution is -2.26. The summed E-state index contributed by atoms with van der Waals surface area (Å²) in [6.07, 6.45) is 5.79. The first-order valence-corrected chi connectivity index (χ1v) is 10.4. The molecule has 2 aromatic carbocycles. The number of thioether (sulfide) groups is 1. The van der Waals surface area contributed by atoms with Gasteiger partial charge in [-0.15, -0.1) is 0 Å². The third-order valence-electron chi connectivity index (χ3n) is 4.07. The largest absolute Gasteiger partial charge is 0.348 e. The Labute approximate surface area is 174 Å². The highest BCUT2D eigenvalue weighted by Gasteiger charge is 2.19. The highest BCUT2D eigenvalue weighted by Crippen LogP contribution is 2.27. The van der Waals surface area contributed by atoms with Crippen LogP contribution in [0.4, 0.5) is 0 Å². The molecule has 0 bridgehead atoms. The molecule has 1 amide bonds. The van der Waals surface area contributed by atoms with Gasteiger partial charge in [-0.3, -0.25) is 4.79 Å². The summed E-state index contributed by atoms with van der Waals surface area (Å²) in [5.41, 5.74) is 3.56. The molecule has 1 N–H and O–H groups in total. The second kappa shape index (κ2) is 9.53. The summed E-state index contributed by atoms with van der Waals surface area (Å²) >= 11 is 7.58. The zero-order valence-electron chi connectivity index (χ0n) is 15.6. The lowest BCUT2D eigenvalue weighted by molar-refractivity contribution is 0.0957. The highest BCUT2D eigenvalue weighted by molar-refractivity contribution is 7.98. The van der Waals surface area contributed by atoms with Crippen LogP contribution in [0.25, 0.3) is 17.3 Å². The SMILES string of the molecule is CSc1nc(C)c(C(=O)NCC=Cc2ccccc2)c(-c2cccc(Cl)c2)n1. The molecule has 0 radical (unpaired) electrons. The van der Waals surface area contributed by atoms with Crippen molar-refractivity contribution in [2.45, 2.75) is 12.1 Å². The molecule has 0 aliphatic rings. The van der Waals surface area contributed by atoms with Gasteiger partial charge in [0.2, 0.25) is 0 Å². The monoisotopic (exact) mass is 409 g/mol. The van der Waals surface area contributed by atoms with Crippen molar-refractivity contribution in [3.05, 3.63) is 82.5 Å². The van der Waals surface area contributed by atoms with Crippen LogP contribution < -0.4 is 5.32 Å². The number of aryl methyl sites for hydroxylation is 1. The Kier molecular flexibility index (Phi) is 6.85. The number of hydrogen-bond acceptors (Lipinski definition) is 4.